The molecule has 1 aliphatic carbocycles. The van der Waals surface area contributed by atoms with Gasteiger partial charge in [0.05, 0.1) is 7.11 Å². The van der Waals surface area contributed by atoms with Gasteiger partial charge in [-0.3, -0.25) is 10.1 Å². The third-order valence-corrected chi connectivity index (χ3v) is 3.97. The molecule has 0 saturated heterocycles. The minimum Gasteiger partial charge on any atom is -0.497 e. The highest BCUT2D eigenvalue weighted by molar-refractivity contribution is 5.92. The molecule has 5 nitrogen and oxygen atoms in total. The lowest BCUT2D eigenvalue weighted by Crippen LogP contribution is -2.27. The molecular formula is C18H25NO4. The average Bonchev–Trinajstić information content (AvgIpc) is 3.18. The monoisotopic (exact) mass is 319 g/mol. The minimum absolute atomic E-state index is 0.193. The van der Waals surface area contributed by atoms with Crippen LogP contribution in [-0.4, -0.2) is 24.6 Å². The number of carbonyl (C=O) groups is 2. The highest BCUT2D eigenvalue weighted by Crippen LogP contribution is 2.46. The first-order chi connectivity index (χ1) is 10.6. The lowest BCUT2D eigenvalue weighted by molar-refractivity contribution is -0.122. The summed E-state index contributed by atoms with van der Waals surface area (Å²) in [7, 11) is 1.57. The van der Waals surface area contributed by atoms with Gasteiger partial charge in [0.15, 0.2) is 0 Å². The van der Waals surface area contributed by atoms with Crippen molar-refractivity contribution in [3.8, 4) is 5.75 Å². The van der Waals surface area contributed by atoms with Crippen molar-refractivity contribution in [1.29, 1.82) is 0 Å². The third-order valence-electron chi connectivity index (χ3n) is 3.97. The van der Waals surface area contributed by atoms with Crippen molar-refractivity contribution >= 4 is 17.6 Å². The van der Waals surface area contributed by atoms with Crippen LogP contribution in [0.3, 0.4) is 0 Å². The van der Waals surface area contributed by atoms with Crippen LogP contribution in [0.2, 0.25) is 0 Å². The Bertz CT molecular complexity index is 612. The van der Waals surface area contributed by atoms with Gasteiger partial charge in [0, 0.05) is 17.5 Å². The fraction of sp³-hybridized carbons (Fsp3) is 0.556. The van der Waals surface area contributed by atoms with Gasteiger partial charge in [0.1, 0.15) is 17.1 Å². The maximum atomic E-state index is 12.4. The van der Waals surface area contributed by atoms with E-state index < -0.39 is 11.7 Å². The molecule has 1 aliphatic rings. The Labute approximate surface area is 137 Å². The second-order valence-corrected chi connectivity index (χ2v) is 7.31. The molecule has 0 heterocycles. The Kier molecular flexibility index (Phi) is 4.68. The molecule has 1 aromatic carbocycles. The molecule has 0 unspecified atom stereocenters. The van der Waals surface area contributed by atoms with Crippen molar-refractivity contribution in [1.82, 2.24) is 0 Å². The first kappa shape index (κ1) is 17.3. The van der Waals surface area contributed by atoms with E-state index in [0.29, 0.717) is 11.4 Å². The largest absolute Gasteiger partial charge is 0.497 e. The van der Waals surface area contributed by atoms with E-state index in [9.17, 15) is 9.59 Å². The number of hydrogen-bond acceptors (Lipinski definition) is 4. The van der Waals surface area contributed by atoms with Crippen LogP contribution in [0.4, 0.5) is 10.5 Å². The number of methoxy groups -OCH3 is 1. The molecule has 1 saturated carbocycles. The summed E-state index contributed by atoms with van der Waals surface area (Å²) in [6.07, 6.45) is 1.61. The quantitative estimate of drug-likeness (QED) is 0.892. The normalized spacial score (nSPS) is 15.7. The Morgan fingerprint density at radius 1 is 1.26 bits per heavy atom. The van der Waals surface area contributed by atoms with Gasteiger partial charge in [-0.25, -0.2) is 4.79 Å². The van der Waals surface area contributed by atoms with Crippen LogP contribution in [0.25, 0.3) is 0 Å². The van der Waals surface area contributed by atoms with E-state index in [-0.39, 0.29) is 17.6 Å². The van der Waals surface area contributed by atoms with Gasteiger partial charge in [0.25, 0.3) is 0 Å². The van der Waals surface area contributed by atoms with Crippen LogP contribution in [0, 0.1) is 5.41 Å². The van der Waals surface area contributed by atoms with Gasteiger partial charge in [-0.05, 0) is 57.4 Å². The zero-order chi connectivity index (χ0) is 17.3. The summed E-state index contributed by atoms with van der Waals surface area (Å²) in [5, 5.41) is 2.73. The minimum atomic E-state index is -0.575. The van der Waals surface area contributed by atoms with Crippen LogP contribution in [-0.2, 0) is 16.0 Å². The van der Waals surface area contributed by atoms with Crippen LogP contribution in [0.1, 0.15) is 46.1 Å². The Morgan fingerprint density at radius 3 is 2.43 bits per heavy atom. The van der Waals surface area contributed by atoms with E-state index in [0.717, 1.165) is 18.4 Å². The average molecular weight is 319 g/mol. The van der Waals surface area contributed by atoms with E-state index >= 15 is 0 Å². The number of carbonyl (C=O) groups excluding carboxylic acids is 2. The molecular weight excluding hydrogens is 294 g/mol. The summed E-state index contributed by atoms with van der Waals surface area (Å²) < 4.78 is 10.5. The SMILES string of the molecule is COc1ccc(NC(=O)OC(C)(C)C)c(CC(=O)C2(C)CC2)c1. The topological polar surface area (TPSA) is 64.6 Å². The van der Waals surface area contributed by atoms with Gasteiger partial charge in [-0.15, -0.1) is 0 Å². The number of nitrogens with one attached hydrogen (secondary N) is 1. The summed E-state index contributed by atoms with van der Waals surface area (Å²) in [5.41, 5.74) is 0.547. The van der Waals surface area contributed by atoms with Crippen molar-refractivity contribution in [2.45, 2.75) is 52.6 Å². The number of anilines is 1. The van der Waals surface area contributed by atoms with Gasteiger partial charge in [0.2, 0.25) is 0 Å². The second-order valence-electron chi connectivity index (χ2n) is 7.31. The maximum Gasteiger partial charge on any atom is 0.412 e. The zero-order valence-corrected chi connectivity index (χ0v) is 14.5. The highest BCUT2D eigenvalue weighted by atomic mass is 16.6. The van der Waals surface area contributed by atoms with Gasteiger partial charge in [-0.2, -0.15) is 0 Å². The first-order valence-electron chi connectivity index (χ1n) is 7.83. The third kappa shape index (κ3) is 4.71. The summed E-state index contributed by atoms with van der Waals surface area (Å²) in [4.78, 5) is 24.4. The van der Waals surface area contributed by atoms with E-state index in [2.05, 4.69) is 5.32 Å². The van der Waals surface area contributed by atoms with E-state index in [1.54, 1.807) is 46.1 Å². The lowest BCUT2D eigenvalue weighted by atomic mass is 9.96. The van der Waals surface area contributed by atoms with Gasteiger partial charge < -0.3 is 9.47 Å². The van der Waals surface area contributed by atoms with Crippen molar-refractivity contribution in [3.05, 3.63) is 23.8 Å². The van der Waals surface area contributed by atoms with Crippen LogP contribution in [0.5, 0.6) is 5.75 Å². The van der Waals surface area contributed by atoms with Crippen molar-refractivity contribution in [2.75, 3.05) is 12.4 Å². The van der Waals surface area contributed by atoms with Crippen molar-refractivity contribution < 1.29 is 19.1 Å². The number of ether oxygens (including phenoxy) is 2. The molecule has 0 aromatic heterocycles. The van der Waals surface area contributed by atoms with E-state index in [4.69, 9.17) is 9.47 Å². The molecule has 2 rings (SSSR count). The molecule has 0 atom stereocenters. The molecule has 1 aromatic rings. The number of ketones is 1. The maximum absolute atomic E-state index is 12.4. The van der Waals surface area contributed by atoms with E-state index in [1.165, 1.54) is 0 Å². The molecule has 1 amide bonds. The predicted octanol–water partition coefficient (Wildman–Crippen LogP) is 3.95. The summed E-state index contributed by atoms with van der Waals surface area (Å²) in [6, 6.07) is 5.27. The number of Topliss-reactive ketones (excluding diaryl/α,β-unsaturated/α-hetero) is 1. The fourth-order valence-electron chi connectivity index (χ4n) is 2.23. The summed E-state index contributed by atoms with van der Waals surface area (Å²) >= 11 is 0. The predicted molar refractivity (Wildman–Crippen MR) is 88.9 cm³/mol. The van der Waals surface area contributed by atoms with Gasteiger partial charge in [-0.1, -0.05) is 6.92 Å². The van der Waals surface area contributed by atoms with Crippen LogP contribution in [0.15, 0.2) is 18.2 Å². The molecule has 0 radical (unpaired) electrons. The number of rotatable bonds is 5. The number of amides is 1. The summed E-state index contributed by atoms with van der Waals surface area (Å²) in [5.74, 6) is 0.849. The fourth-order valence-corrected chi connectivity index (χ4v) is 2.23. The second kappa shape index (κ2) is 6.22. The molecule has 1 N–H and O–H groups in total. The zero-order valence-electron chi connectivity index (χ0n) is 14.5. The van der Waals surface area contributed by atoms with Crippen LogP contribution < -0.4 is 10.1 Å². The molecule has 0 spiro atoms. The summed E-state index contributed by atoms with van der Waals surface area (Å²) in [6.45, 7) is 7.40. The Morgan fingerprint density at radius 2 is 1.91 bits per heavy atom. The molecule has 0 aliphatic heterocycles. The standard InChI is InChI=1S/C18H25NO4/c1-17(2,3)23-16(21)19-14-7-6-13(22-5)10-12(14)11-15(20)18(4)8-9-18/h6-7,10H,8-9,11H2,1-5H3,(H,19,21). The molecule has 5 heteroatoms. The number of benzene rings is 1. The van der Waals surface area contributed by atoms with Crippen LogP contribution >= 0.6 is 0 Å². The lowest BCUT2D eigenvalue weighted by Gasteiger charge is -2.21. The molecule has 1 fully saturated rings. The van der Waals surface area contributed by atoms with Crippen molar-refractivity contribution in [2.24, 2.45) is 5.41 Å². The smallest absolute Gasteiger partial charge is 0.412 e. The highest BCUT2D eigenvalue weighted by Gasteiger charge is 2.44. The number of hydrogen-bond donors (Lipinski definition) is 1. The Balaban J connectivity index is 2.17. The molecule has 126 valence electrons. The molecule has 23 heavy (non-hydrogen) atoms. The molecule has 0 bridgehead atoms. The Hall–Kier alpha value is -2.04. The van der Waals surface area contributed by atoms with E-state index in [1.807, 2.05) is 6.92 Å². The van der Waals surface area contributed by atoms with Crippen molar-refractivity contribution in [3.63, 3.8) is 0 Å². The first-order valence-corrected chi connectivity index (χ1v) is 7.83. The van der Waals surface area contributed by atoms with Gasteiger partial charge >= 0.3 is 6.09 Å².